The van der Waals surface area contributed by atoms with Gasteiger partial charge < -0.3 is 9.84 Å². The molecule has 160 valence electrons. The van der Waals surface area contributed by atoms with Gasteiger partial charge >= 0.3 is 5.97 Å². The number of carboxylic acids is 1. The van der Waals surface area contributed by atoms with Crippen molar-refractivity contribution in [1.82, 2.24) is 4.31 Å². The molecule has 0 heterocycles. The first-order valence-corrected chi connectivity index (χ1v) is 11.2. The van der Waals surface area contributed by atoms with Crippen molar-refractivity contribution in [2.45, 2.75) is 31.6 Å². The number of ether oxygens (including phenoxy) is 1. The maximum atomic E-state index is 12.7. The van der Waals surface area contributed by atoms with Gasteiger partial charge in [0.2, 0.25) is 10.0 Å². The molecular formula is C22H24ClNO5S. The molecule has 0 unspecified atom stereocenters. The minimum Gasteiger partial charge on any atom is -0.482 e. The van der Waals surface area contributed by atoms with Gasteiger partial charge in [-0.15, -0.1) is 0 Å². The number of nitrogens with zero attached hydrogens (tertiary/aromatic N) is 1. The topological polar surface area (TPSA) is 83.9 Å². The summed E-state index contributed by atoms with van der Waals surface area (Å²) in [5.41, 5.74) is 2.12. The van der Waals surface area contributed by atoms with Crippen molar-refractivity contribution in [2.24, 2.45) is 0 Å². The summed E-state index contributed by atoms with van der Waals surface area (Å²) in [6, 6.07) is 9.77. The van der Waals surface area contributed by atoms with Crippen LogP contribution in [0.1, 0.15) is 30.0 Å². The van der Waals surface area contributed by atoms with E-state index in [1.54, 1.807) is 43.4 Å². The third-order valence-corrected chi connectivity index (χ3v) is 6.42. The molecule has 0 aromatic heterocycles. The third-order valence-electron chi connectivity index (χ3n) is 4.33. The van der Waals surface area contributed by atoms with Crippen LogP contribution in [0.15, 0.2) is 41.3 Å². The van der Waals surface area contributed by atoms with Crippen LogP contribution in [0.4, 0.5) is 0 Å². The Morgan fingerprint density at radius 1 is 1.23 bits per heavy atom. The van der Waals surface area contributed by atoms with Crippen molar-refractivity contribution < 1.29 is 23.1 Å². The zero-order valence-electron chi connectivity index (χ0n) is 17.1. The summed E-state index contributed by atoms with van der Waals surface area (Å²) < 4.78 is 32.0. The largest absolute Gasteiger partial charge is 0.482 e. The normalized spacial score (nSPS) is 11.1. The lowest BCUT2D eigenvalue weighted by molar-refractivity contribution is -0.139. The third kappa shape index (κ3) is 6.23. The highest BCUT2D eigenvalue weighted by atomic mass is 35.5. The molecule has 0 radical (unpaired) electrons. The molecule has 0 saturated carbocycles. The van der Waals surface area contributed by atoms with Crippen LogP contribution < -0.4 is 4.74 Å². The molecule has 0 aliphatic carbocycles. The number of halogens is 1. The fraction of sp³-hybridized carbons (Fsp3) is 0.318. The molecular weight excluding hydrogens is 426 g/mol. The Balaban J connectivity index is 2.29. The molecule has 0 saturated heterocycles. The number of hydrogen-bond acceptors (Lipinski definition) is 4. The van der Waals surface area contributed by atoms with Gasteiger partial charge in [0.15, 0.2) is 6.61 Å². The smallest absolute Gasteiger partial charge is 0.341 e. The molecule has 2 rings (SSSR count). The Kier molecular flexibility index (Phi) is 8.30. The first kappa shape index (κ1) is 23.7. The van der Waals surface area contributed by atoms with Crippen LogP contribution in [0, 0.1) is 18.8 Å². The molecule has 6 nitrogen and oxygen atoms in total. The Hall–Kier alpha value is -2.53. The second-order valence-electron chi connectivity index (χ2n) is 6.72. The predicted octanol–water partition coefficient (Wildman–Crippen LogP) is 3.74. The van der Waals surface area contributed by atoms with E-state index in [9.17, 15) is 13.2 Å². The van der Waals surface area contributed by atoms with E-state index >= 15 is 0 Å². The van der Waals surface area contributed by atoms with Crippen LogP contribution in [-0.2, 0) is 21.2 Å². The van der Waals surface area contributed by atoms with E-state index in [4.69, 9.17) is 21.4 Å². The molecule has 2 aromatic carbocycles. The minimum atomic E-state index is -3.57. The molecule has 0 atom stereocenters. The lowest BCUT2D eigenvalue weighted by atomic mass is 10.1. The minimum absolute atomic E-state index is 0.196. The number of rotatable bonds is 8. The maximum Gasteiger partial charge on any atom is 0.341 e. The summed E-state index contributed by atoms with van der Waals surface area (Å²) in [5, 5.41) is 9.29. The molecule has 1 N–H and O–H groups in total. The second-order valence-corrected chi connectivity index (χ2v) is 9.20. The van der Waals surface area contributed by atoms with Crippen molar-refractivity contribution in [1.29, 1.82) is 0 Å². The highest BCUT2D eigenvalue weighted by Crippen LogP contribution is 2.24. The lowest BCUT2D eigenvalue weighted by Crippen LogP contribution is -2.27. The van der Waals surface area contributed by atoms with Crippen LogP contribution >= 0.6 is 11.6 Å². The summed E-state index contributed by atoms with van der Waals surface area (Å²) in [6.07, 6.45) is 0.988. The van der Waals surface area contributed by atoms with Crippen LogP contribution in [0.3, 0.4) is 0 Å². The van der Waals surface area contributed by atoms with Gasteiger partial charge in [0, 0.05) is 36.2 Å². The number of aryl methyl sites for hydroxylation is 1. The van der Waals surface area contributed by atoms with Crippen LogP contribution in [0.25, 0.3) is 0 Å². The predicted molar refractivity (Wildman–Crippen MR) is 116 cm³/mol. The summed E-state index contributed by atoms with van der Waals surface area (Å²) >= 11 is 6.04. The van der Waals surface area contributed by atoms with Gasteiger partial charge in [-0.3, -0.25) is 0 Å². The number of benzene rings is 2. The van der Waals surface area contributed by atoms with E-state index in [0.717, 1.165) is 12.0 Å². The zero-order valence-corrected chi connectivity index (χ0v) is 18.7. The van der Waals surface area contributed by atoms with Crippen molar-refractivity contribution in [2.75, 3.05) is 20.2 Å². The molecule has 0 amide bonds. The van der Waals surface area contributed by atoms with Gasteiger partial charge in [0.05, 0.1) is 4.90 Å². The van der Waals surface area contributed by atoms with Gasteiger partial charge in [-0.2, -0.15) is 0 Å². The van der Waals surface area contributed by atoms with E-state index in [1.165, 1.54) is 4.31 Å². The second kappa shape index (κ2) is 10.5. The van der Waals surface area contributed by atoms with Gasteiger partial charge in [-0.1, -0.05) is 36.4 Å². The van der Waals surface area contributed by atoms with Crippen LogP contribution in [0.5, 0.6) is 5.75 Å². The molecule has 0 bridgehead atoms. The summed E-state index contributed by atoms with van der Waals surface area (Å²) in [7, 11) is -2.02. The monoisotopic (exact) mass is 449 g/mol. The number of hydrogen-bond donors (Lipinski definition) is 1. The van der Waals surface area contributed by atoms with Gasteiger partial charge in [0.1, 0.15) is 5.75 Å². The number of carbonyl (C=O) groups is 1. The molecule has 0 fully saturated rings. The van der Waals surface area contributed by atoms with Crippen molar-refractivity contribution in [3.63, 3.8) is 0 Å². The van der Waals surface area contributed by atoms with Gasteiger partial charge in [-0.25, -0.2) is 17.5 Å². The Bertz CT molecular complexity index is 1090. The average molecular weight is 450 g/mol. The Morgan fingerprint density at radius 2 is 1.97 bits per heavy atom. The molecule has 0 aliphatic rings. The molecule has 0 spiro atoms. The average Bonchev–Trinajstić information content (AvgIpc) is 2.68. The molecule has 30 heavy (non-hydrogen) atoms. The number of sulfonamides is 1. The van der Waals surface area contributed by atoms with Crippen molar-refractivity contribution in [3.8, 4) is 17.6 Å². The van der Waals surface area contributed by atoms with E-state index in [0.29, 0.717) is 28.4 Å². The number of aliphatic carboxylic acids is 1. The Morgan fingerprint density at radius 3 is 2.63 bits per heavy atom. The van der Waals surface area contributed by atoms with E-state index in [2.05, 4.69) is 11.8 Å². The fourth-order valence-electron chi connectivity index (χ4n) is 2.71. The quantitative estimate of drug-likeness (QED) is 0.620. The standard InChI is InChI=1S/C22H24ClNO5S/c1-4-12-24(3)30(27,28)20-10-8-16(2)17(14-20)6-5-7-18-13-19(23)9-11-21(18)29-15-22(25)26/h8-11,13-14H,4,7,12,15H2,1-3H3,(H,25,26). The first-order valence-electron chi connectivity index (χ1n) is 9.34. The van der Waals surface area contributed by atoms with Crippen molar-refractivity contribution >= 4 is 27.6 Å². The van der Waals surface area contributed by atoms with Crippen molar-refractivity contribution in [3.05, 3.63) is 58.1 Å². The van der Waals surface area contributed by atoms with Gasteiger partial charge in [-0.05, 0) is 49.2 Å². The van der Waals surface area contributed by atoms with E-state index < -0.39 is 22.6 Å². The molecule has 8 heteroatoms. The van der Waals surface area contributed by atoms with E-state index in [1.807, 2.05) is 13.8 Å². The molecule has 2 aromatic rings. The number of carboxylic acid groups (broad SMARTS) is 1. The molecule has 0 aliphatic heterocycles. The SMILES string of the molecule is CCCN(C)S(=O)(=O)c1ccc(C)c(C#CCc2cc(Cl)ccc2OCC(=O)O)c1. The fourth-order valence-corrected chi connectivity index (χ4v) is 4.20. The van der Waals surface area contributed by atoms with E-state index in [-0.39, 0.29) is 11.3 Å². The summed E-state index contributed by atoms with van der Waals surface area (Å²) in [6.45, 7) is 3.75. The highest BCUT2D eigenvalue weighted by Gasteiger charge is 2.20. The van der Waals surface area contributed by atoms with Crippen LogP contribution in [-0.4, -0.2) is 44.0 Å². The zero-order chi connectivity index (χ0) is 22.3. The highest BCUT2D eigenvalue weighted by molar-refractivity contribution is 7.89. The van der Waals surface area contributed by atoms with Crippen LogP contribution in [0.2, 0.25) is 5.02 Å². The maximum absolute atomic E-state index is 12.7. The first-order chi connectivity index (χ1) is 14.1. The Labute approximate surface area is 182 Å². The van der Waals surface area contributed by atoms with Gasteiger partial charge in [0.25, 0.3) is 0 Å². The lowest BCUT2D eigenvalue weighted by Gasteiger charge is -2.16. The summed E-state index contributed by atoms with van der Waals surface area (Å²) in [5.74, 6) is 5.32. The summed E-state index contributed by atoms with van der Waals surface area (Å²) in [4.78, 5) is 11.0.